The summed E-state index contributed by atoms with van der Waals surface area (Å²) in [7, 11) is 0. The minimum atomic E-state index is -0.241. The van der Waals surface area contributed by atoms with E-state index in [9.17, 15) is 4.39 Å². The van der Waals surface area contributed by atoms with Crippen molar-refractivity contribution in [3.63, 3.8) is 0 Å². The number of hydrogen-bond acceptors (Lipinski definition) is 2. The molecule has 1 aromatic carbocycles. The zero-order valence-corrected chi connectivity index (χ0v) is 13.2. The molecule has 2 unspecified atom stereocenters. The van der Waals surface area contributed by atoms with Crippen molar-refractivity contribution >= 4 is 15.9 Å². The fourth-order valence-corrected chi connectivity index (χ4v) is 2.72. The Balaban J connectivity index is 2.33. The molecule has 0 saturated carbocycles. The number of benzene rings is 1. The van der Waals surface area contributed by atoms with Gasteiger partial charge in [0, 0.05) is 23.9 Å². The van der Waals surface area contributed by atoms with Crippen LogP contribution in [0.15, 0.2) is 47.1 Å². The SMILES string of the molecule is CCNC(c1ccc(F)c(Br)c1)C(C)c1ccccn1. The lowest BCUT2D eigenvalue weighted by Gasteiger charge is -2.25. The predicted octanol–water partition coefficient (Wildman–Crippen LogP) is 4.44. The summed E-state index contributed by atoms with van der Waals surface area (Å²) in [5.74, 6) is -0.0389. The van der Waals surface area contributed by atoms with E-state index in [1.54, 1.807) is 6.20 Å². The largest absolute Gasteiger partial charge is 0.310 e. The summed E-state index contributed by atoms with van der Waals surface area (Å²) in [5.41, 5.74) is 2.08. The molecule has 0 amide bonds. The molecule has 0 radical (unpaired) electrons. The summed E-state index contributed by atoms with van der Waals surface area (Å²) < 4.78 is 13.9. The van der Waals surface area contributed by atoms with E-state index >= 15 is 0 Å². The molecule has 2 atom stereocenters. The molecule has 0 saturated heterocycles. The van der Waals surface area contributed by atoms with E-state index < -0.39 is 0 Å². The molecule has 0 bridgehead atoms. The van der Waals surface area contributed by atoms with Crippen LogP contribution < -0.4 is 5.32 Å². The van der Waals surface area contributed by atoms with Crippen molar-refractivity contribution in [1.29, 1.82) is 0 Å². The number of nitrogens with one attached hydrogen (secondary N) is 1. The van der Waals surface area contributed by atoms with E-state index in [4.69, 9.17) is 0 Å². The summed E-state index contributed by atoms with van der Waals surface area (Å²) >= 11 is 3.25. The first-order chi connectivity index (χ1) is 9.63. The molecule has 0 aliphatic carbocycles. The van der Waals surface area contributed by atoms with E-state index in [1.807, 2.05) is 30.3 Å². The summed E-state index contributed by atoms with van der Waals surface area (Å²) in [6.07, 6.45) is 1.80. The van der Waals surface area contributed by atoms with E-state index in [1.165, 1.54) is 6.07 Å². The Hall–Kier alpha value is -1.26. The van der Waals surface area contributed by atoms with E-state index in [0.29, 0.717) is 4.47 Å². The molecule has 2 rings (SSSR count). The molecule has 1 heterocycles. The maximum atomic E-state index is 13.4. The zero-order valence-electron chi connectivity index (χ0n) is 11.6. The predicted molar refractivity (Wildman–Crippen MR) is 83.2 cm³/mol. The molecule has 0 spiro atoms. The first-order valence-electron chi connectivity index (χ1n) is 6.72. The Morgan fingerprint density at radius 3 is 2.70 bits per heavy atom. The normalized spacial score (nSPS) is 14.0. The highest BCUT2D eigenvalue weighted by molar-refractivity contribution is 9.10. The quantitative estimate of drug-likeness (QED) is 0.873. The standard InChI is InChI=1S/C16H18BrFN2/c1-3-19-16(11(2)15-6-4-5-9-20-15)12-7-8-14(18)13(17)10-12/h4-11,16,19H,3H2,1-2H3. The number of rotatable bonds is 5. The fourth-order valence-electron chi connectivity index (χ4n) is 2.33. The highest BCUT2D eigenvalue weighted by atomic mass is 79.9. The molecule has 2 aromatic rings. The summed E-state index contributed by atoms with van der Waals surface area (Å²) in [4.78, 5) is 4.42. The van der Waals surface area contributed by atoms with Crippen molar-refractivity contribution in [2.45, 2.75) is 25.8 Å². The van der Waals surface area contributed by atoms with Gasteiger partial charge in [0.2, 0.25) is 0 Å². The maximum Gasteiger partial charge on any atom is 0.137 e. The Morgan fingerprint density at radius 2 is 2.10 bits per heavy atom. The van der Waals surface area contributed by atoms with Crippen LogP contribution in [0.1, 0.15) is 37.1 Å². The molecule has 4 heteroatoms. The van der Waals surface area contributed by atoms with Crippen LogP contribution in [0.3, 0.4) is 0 Å². The van der Waals surface area contributed by atoms with Crippen LogP contribution in [0, 0.1) is 5.82 Å². The third-order valence-corrected chi connectivity index (χ3v) is 3.99. The van der Waals surface area contributed by atoms with Gasteiger partial charge in [-0.3, -0.25) is 4.98 Å². The lowest BCUT2D eigenvalue weighted by molar-refractivity contribution is 0.471. The Bertz CT molecular complexity index is 560. The van der Waals surface area contributed by atoms with Crippen molar-refractivity contribution in [2.24, 2.45) is 0 Å². The third kappa shape index (κ3) is 3.44. The van der Waals surface area contributed by atoms with Crippen LogP contribution >= 0.6 is 15.9 Å². The van der Waals surface area contributed by atoms with Gasteiger partial charge in [0.05, 0.1) is 4.47 Å². The van der Waals surface area contributed by atoms with Gasteiger partial charge in [-0.15, -0.1) is 0 Å². The second kappa shape index (κ2) is 6.95. The highest BCUT2D eigenvalue weighted by Gasteiger charge is 2.21. The average Bonchev–Trinajstić information content (AvgIpc) is 2.48. The second-order valence-electron chi connectivity index (χ2n) is 4.75. The molecule has 0 fully saturated rings. The summed E-state index contributed by atoms with van der Waals surface area (Å²) in [5, 5.41) is 3.46. The number of nitrogens with zero attached hydrogens (tertiary/aromatic N) is 1. The molecule has 1 N–H and O–H groups in total. The van der Waals surface area contributed by atoms with Crippen LogP contribution in [0.25, 0.3) is 0 Å². The van der Waals surface area contributed by atoms with Gasteiger partial charge in [0.25, 0.3) is 0 Å². The Labute approximate surface area is 127 Å². The lowest BCUT2D eigenvalue weighted by atomic mass is 9.91. The van der Waals surface area contributed by atoms with Gasteiger partial charge in [-0.2, -0.15) is 0 Å². The first-order valence-corrected chi connectivity index (χ1v) is 7.52. The van der Waals surface area contributed by atoms with E-state index in [2.05, 4.69) is 40.1 Å². The molecular formula is C16H18BrFN2. The third-order valence-electron chi connectivity index (χ3n) is 3.38. The lowest BCUT2D eigenvalue weighted by Crippen LogP contribution is -2.26. The van der Waals surface area contributed by atoms with Crippen LogP contribution in [-0.2, 0) is 0 Å². The van der Waals surface area contributed by atoms with Crippen LogP contribution in [-0.4, -0.2) is 11.5 Å². The number of pyridine rings is 1. The molecule has 2 nitrogen and oxygen atoms in total. The van der Waals surface area contributed by atoms with Gasteiger partial charge < -0.3 is 5.32 Å². The second-order valence-corrected chi connectivity index (χ2v) is 5.61. The molecule has 1 aromatic heterocycles. The number of hydrogen-bond donors (Lipinski definition) is 1. The topological polar surface area (TPSA) is 24.9 Å². The minimum Gasteiger partial charge on any atom is -0.310 e. The average molecular weight is 337 g/mol. The van der Waals surface area contributed by atoms with E-state index in [-0.39, 0.29) is 17.8 Å². The smallest absolute Gasteiger partial charge is 0.137 e. The fraction of sp³-hybridized carbons (Fsp3) is 0.312. The molecule has 0 aliphatic heterocycles. The molecule has 20 heavy (non-hydrogen) atoms. The van der Waals surface area contributed by atoms with Crippen molar-refractivity contribution in [1.82, 2.24) is 10.3 Å². The van der Waals surface area contributed by atoms with Crippen molar-refractivity contribution in [3.05, 3.63) is 64.1 Å². The number of aromatic nitrogens is 1. The molecule has 106 valence electrons. The maximum absolute atomic E-state index is 13.4. The van der Waals surface area contributed by atoms with Crippen LogP contribution in [0.4, 0.5) is 4.39 Å². The van der Waals surface area contributed by atoms with Crippen molar-refractivity contribution in [2.75, 3.05) is 6.54 Å². The van der Waals surface area contributed by atoms with Gasteiger partial charge in [0.15, 0.2) is 0 Å². The van der Waals surface area contributed by atoms with Gasteiger partial charge in [-0.05, 0) is 52.3 Å². The first kappa shape index (κ1) is 15.1. The highest BCUT2D eigenvalue weighted by Crippen LogP contribution is 2.31. The zero-order chi connectivity index (χ0) is 14.5. The Morgan fingerprint density at radius 1 is 1.30 bits per heavy atom. The van der Waals surface area contributed by atoms with Gasteiger partial charge >= 0.3 is 0 Å². The minimum absolute atomic E-state index is 0.104. The van der Waals surface area contributed by atoms with E-state index in [0.717, 1.165) is 17.8 Å². The van der Waals surface area contributed by atoms with Crippen LogP contribution in [0.5, 0.6) is 0 Å². The molecule has 0 aliphatic rings. The molecular weight excluding hydrogens is 319 g/mol. The Kier molecular flexibility index (Phi) is 5.26. The summed E-state index contributed by atoms with van der Waals surface area (Å²) in [6, 6.07) is 11.2. The van der Waals surface area contributed by atoms with Gasteiger partial charge in [-0.25, -0.2) is 4.39 Å². The number of halogens is 2. The monoisotopic (exact) mass is 336 g/mol. The number of likely N-dealkylation sites (N-methyl/N-ethyl adjacent to an activating group) is 1. The summed E-state index contributed by atoms with van der Waals surface area (Å²) in [6.45, 7) is 5.04. The van der Waals surface area contributed by atoms with Gasteiger partial charge in [0.1, 0.15) is 5.82 Å². The van der Waals surface area contributed by atoms with Gasteiger partial charge in [-0.1, -0.05) is 26.0 Å². The van der Waals surface area contributed by atoms with Crippen molar-refractivity contribution < 1.29 is 4.39 Å². The van der Waals surface area contributed by atoms with Crippen molar-refractivity contribution in [3.8, 4) is 0 Å². The van der Waals surface area contributed by atoms with Crippen LogP contribution in [0.2, 0.25) is 0 Å².